The summed E-state index contributed by atoms with van der Waals surface area (Å²) < 4.78 is 23.9. The Morgan fingerprint density at radius 1 is 1.19 bits per heavy atom. The van der Waals surface area contributed by atoms with Gasteiger partial charge < -0.3 is 14.6 Å². The molecule has 0 aliphatic heterocycles. The molecule has 0 aliphatic carbocycles. The molecule has 0 saturated heterocycles. The van der Waals surface area contributed by atoms with Crippen molar-refractivity contribution >= 4 is 0 Å². The van der Waals surface area contributed by atoms with Gasteiger partial charge in [0.05, 0.1) is 20.8 Å². The Hall–Kier alpha value is -1.29. The van der Waals surface area contributed by atoms with E-state index in [2.05, 4.69) is 0 Å². The lowest BCUT2D eigenvalue weighted by molar-refractivity contribution is 0.214. The quantitative estimate of drug-likeness (QED) is 0.857. The molecule has 0 radical (unpaired) electrons. The maximum Gasteiger partial charge on any atom is 0.163 e. The molecule has 0 atom stereocenters. The summed E-state index contributed by atoms with van der Waals surface area (Å²) in [5.41, 5.74) is -0.239. The highest BCUT2D eigenvalue weighted by Crippen LogP contribution is 2.35. The fraction of sp³-hybridized carbons (Fsp3) is 0.500. The Bertz CT molecular complexity index is 375. The van der Waals surface area contributed by atoms with Gasteiger partial charge in [0, 0.05) is 11.5 Å². The van der Waals surface area contributed by atoms with Crippen LogP contribution in [0.15, 0.2) is 12.1 Å². The monoisotopic (exact) mass is 228 g/mol. The summed E-state index contributed by atoms with van der Waals surface area (Å²) in [4.78, 5) is 0. The molecule has 0 heterocycles. The molecular weight excluding hydrogens is 211 g/mol. The number of benzene rings is 1. The smallest absolute Gasteiger partial charge is 0.163 e. The fourth-order valence-corrected chi connectivity index (χ4v) is 1.46. The van der Waals surface area contributed by atoms with Crippen molar-refractivity contribution in [1.29, 1.82) is 0 Å². The average molecular weight is 228 g/mol. The van der Waals surface area contributed by atoms with Crippen LogP contribution in [0.5, 0.6) is 11.5 Å². The molecule has 0 aliphatic rings. The molecule has 0 aromatic heterocycles. The van der Waals surface area contributed by atoms with E-state index in [0.29, 0.717) is 17.1 Å². The molecule has 1 N–H and O–H groups in total. The lowest BCUT2D eigenvalue weighted by atomic mass is 9.85. The summed E-state index contributed by atoms with van der Waals surface area (Å²) in [5.74, 6) is 0.398. The summed E-state index contributed by atoms with van der Waals surface area (Å²) in [6.07, 6.45) is 0. The van der Waals surface area contributed by atoms with Crippen molar-refractivity contribution < 1.29 is 19.0 Å². The van der Waals surface area contributed by atoms with Gasteiger partial charge in [0.2, 0.25) is 0 Å². The second kappa shape index (κ2) is 4.70. The van der Waals surface area contributed by atoms with Crippen LogP contribution < -0.4 is 9.47 Å². The molecule has 0 unspecified atom stereocenters. The van der Waals surface area contributed by atoms with Crippen LogP contribution in [-0.2, 0) is 5.41 Å². The zero-order valence-electron chi connectivity index (χ0n) is 10.0. The van der Waals surface area contributed by atoms with Crippen molar-refractivity contribution in [2.75, 3.05) is 20.8 Å². The Labute approximate surface area is 94.8 Å². The summed E-state index contributed by atoms with van der Waals surface area (Å²) in [6.45, 7) is 3.38. The molecule has 16 heavy (non-hydrogen) atoms. The zero-order valence-corrected chi connectivity index (χ0v) is 10.0. The lowest BCUT2D eigenvalue weighted by Gasteiger charge is -2.24. The predicted octanol–water partition coefficient (Wildman–Crippen LogP) is 2.11. The third-order valence-corrected chi connectivity index (χ3v) is 2.60. The molecule has 0 spiro atoms. The molecular formula is C12H17FO3. The van der Waals surface area contributed by atoms with Crippen molar-refractivity contribution in [3.63, 3.8) is 0 Å². The first-order chi connectivity index (χ1) is 7.46. The van der Waals surface area contributed by atoms with E-state index in [1.165, 1.54) is 20.3 Å². The minimum absolute atomic E-state index is 0.139. The number of aliphatic hydroxyl groups excluding tert-OH is 1. The lowest BCUT2D eigenvalue weighted by Crippen LogP contribution is -2.23. The Kier molecular flexibility index (Phi) is 3.75. The van der Waals surface area contributed by atoms with Gasteiger partial charge in [0.15, 0.2) is 11.5 Å². The number of aliphatic hydroxyl groups is 1. The van der Waals surface area contributed by atoms with Gasteiger partial charge in [-0.1, -0.05) is 13.8 Å². The first kappa shape index (κ1) is 12.8. The highest BCUT2D eigenvalue weighted by molar-refractivity contribution is 5.45. The molecule has 4 heteroatoms. The minimum atomic E-state index is -0.649. The van der Waals surface area contributed by atoms with Crippen LogP contribution >= 0.6 is 0 Å². The van der Waals surface area contributed by atoms with Gasteiger partial charge in [0.1, 0.15) is 5.82 Å². The van der Waals surface area contributed by atoms with E-state index in [9.17, 15) is 9.50 Å². The maximum atomic E-state index is 13.8. The van der Waals surface area contributed by atoms with Crippen molar-refractivity contribution in [2.24, 2.45) is 0 Å². The van der Waals surface area contributed by atoms with Gasteiger partial charge in [-0.3, -0.25) is 0 Å². The number of halogens is 1. The van der Waals surface area contributed by atoms with Crippen LogP contribution in [0.3, 0.4) is 0 Å². The number of ether oxygens (including phenoxy) is 2. The Balaban J connectivity index is 3.32. The van der Waals surface area contributed by atoms with Gasteiger partial charge in [0.25, 0.3) is 0 Å². The van der Waals surface area contributed by atoms with Crippen LogP contribution in [0.2, 0.25) is 0 Å². The standard InChI is InChI=1S/C12H17FO3/c1-12(2,7-14)8-5-10(15-3)11(16-4)6-9(8)13/h5-6,14H,7H2,1-4H3. The fourth-order valence-electron chi connectivity index (χ4n) is 1.46. The number of hydrogen-bond donors (Lipinski definition) is 1. The third-order valence-electron chi connectivity index (χ3n) is 2.60. The first-order valence-electron chi connectivity index (χ1n) is 4.99. The predicted molar refractivity (Wildman–Crippen MR) is 59.6 cm³/mol. The van der Waals surface area contributed by atoms with Crippen LogP contribution in [-0.4, -0.2) is 25.9 Å². The van der Waals surface area contributed by atoms with E-state index >= 15 is 0 Å². The number of hydrogen-bond acceptors (Lipinski definition) is 3. The van der Waals surface area contributed by atoms with E-state index in [-0.39, 0.29) is 6.61 Å². The summed E-state index contributed by atoms with van der Waals surface area (Å²) in [5, 5.41) is 9.22. The number of rotatable bonds is 4. The topological polar surface area (TPSA) is 38.7 Å². The van der Waals surface area contributed by atoms with E-state index in [4.69, 9.17) is 9.47 Å². The van der Waals surface area contributed by atoms with E-state index in [1.54, 1.807) is 19.9 Å². The summed E-state index contributed by atoms with van der Waals surface area (Å²) in [7, 11) is 2.94. The molecule has 0 fully saturated rings. The summed E-state index contributed by atoms with van der Waals surface area (Å²) >= 11 is 0. The van der Waals surface area contributed by atoms with Crippen molar-refractivity contribution in [1.82, 2.24) is 0 Å². The van der Waals surface area contributed by atoms with Crippen LogP contribution in [0.25, 0.3) is 0 Å². The number of methoxy groups -OCH3 is 2. The highest BCUT2D eigenvalue weighted by Gasteiger charge is 2.25. The largest absolute Gasteiger partial charge is 0.493 e. The second-order valence-corrected chi connectivity index (χ2v) is 4.23. The molecule has 3 nitrogen and oxygen atoms in total. The molecule has 90 valence electrons. The van der Waals surface area contributed by atoms with Gasteiger partial charge in [-0.2, -0.15) is 0 Å². The second-order valence-electron chi connectivity index (χ2n) is 4.23. The summed E-state index contributed by atoms with van der Waals surface area (Å²) in [6, 6.07) is 2.83. The molecule has 1 rings (SSSR count). The SMILES string of the molecule is COc1cc(F)c(C(C)(C)CO)cc1OC. The van der Waals surface area contributed by atoms with Crippen molar-refractivity contribution in [2.45, 2.75) is 19.3 Å². The van der Waals surface area contributed by atoms with E-state index in [1.807, 2.05) is 0 Å². The van der Waals surface area contributed by atoms with Gasteiger partial charge in [-0.15, -0.1) is 0 Å². The van der Waals surface area contributed by atoms with Gasteiger partial charge in [-0.05, 0) is 11.6 Å². The van der Waals surface area contributed by atoms with Gasteiger partial charge in [-0.25, -0.2) is 4.39 Å². The molecule has 0 saturated carbocycles. The van der Waals surface area contributed by atoms with Crippen LogP contribution in [0.1, 0.15) is 19.4 Å². The first-order valence-corrected chi connectivity index (χ1v) is 4.99. The molecule has 1 aromatic carbocycles. The Morgan fingerprint density at radius 2 is 1.69 bits per heavy atom. The highest BCUT2D eigenvalue weighted by atomic mass is 19.1. The zero-order chi connectivity index (χ0) is 12.3. The van der Waals surface area contributed by atoms with Crippen LogP contribution in [0.4, 0.5) is 4.39 Å². The average Bonchev–Trinajstić information content (AvgIpc) is 2.28. The third kappa shape index (κ3) is 2.27. The Morgan fingerprint density at radius 3 is 2.12 bits per heavy atom. The molecule has 0 bridgehead atoms. The van der Waals surface area contributed by atoms with Gasteiger partial charge >= 0.3 is 0 Å². The van der Waals surface area contributed by atoms with E-state index < -0.39 is 11.2 Å². The van der Waals surface area contributed by atoms with Crippen molar-refractivity contribution in [3.8, 4) is 11.5 Å². The van der Waals surface area contributed by atoms with Crippen molar-refractivity contribution in [3.05, 3.63) is 23.5 Å². The normalized spacial score (nSPS) is 11.4. The molecule has 1 aromatic rings. The molecule has 0 amide bonds. The van der Waals surface area contributed by atoms with E-state index in [0.717, 1.165) is 0 Å². The maximum absolute atomic E-state index is 13.8. The van der Waals surface area contributed by atoms with Crippen LogP contribution in [0, 0.1) is 5.82 Å². The minimum Gasteiger partial charge on any atom is -0.493 e.